The van der Waals surface area contributed by atoms with E-state index in [0.717, 1.165) is 15.6 Å². The summed E-state index contributed by atoms with van der Waals surface area (Å²) < 4.78 is 43.6. The highest BCUT2D eigenvalue weighted by Gasteiger charge is 2.78. The molecule has 4 N–H and O–H groups in total. The smallest absolute Gasteiger partial charge is 0.276 e. The van der Waals surface area contributed by atoms with Crippen molar-refractivity contribution in [1.82, 2.24) is 45.2 Å². The number of amides is 5. The highest BCUT2D eigenvalue weighted by molar-refractivity contribution is 9.10. The number of halogens is 3. The second-order valence-corrected chi connectivity index (χ2v) is 22.2. The number of nitrogens with one attached hydrogen (secondary N) is 3. The third-order valence-electron chi connectivity index (χ3n) is 15.9. The molecule has 74 heavy (non-hydrogen) atoms. The van der Waals surface area contributed by atoms with Gasteiger partial charge in [-0.05, 0) is 37.0 Å². The van der Waals surface area contributed by atoms with Crippen LogP contribution in [0.2, 0.25) is 0 Å². The van der Waals surface area contributed by atoms with Crippen LogP contribution in [0.4, 0.5) is 14.5 Å². The molecule has 2 aliphatic carbocycles. The van der Waals surface area contributed by atoms with E-state index in [2.05, 4.69) is 47.0 Å². The van der Waals surface area contributed by atoms with Crippen LogP contribution in [0.15, 0.2) is 76.0 Å². The van der Waals surface area contributed by atoms with Crippen LogP contribution in [0.5, 0.6) is 5.75 Å². The topological polar surface area (TPSA) is 221 Å². The Hall–Kier alpha value is -6.48. The molecule has 3 aliphatic heterocycles. The minimum Gasteiger partial charge on any atom is -0.490 e. The number of likely N-dealkylation sites (tertiary alicyclic amines) is 3. The number of rotatable bonds is 16. The van der Waals surface area contributed by atoms with Crippen LogP contribution in [-0.4, -0.2) is 131 Å². The molecule has 21 heteroatoms. The van der Waals surface area contributed by atoms with Gasteiger partial charge in [0.2, 0.25) is 23.6 Å². The van der Waals surface area contributed by atoms with Crippen LogP contribution < -0.4 is 15.4 Å². The van der Waals surface area contributed by atoms with Gasteiger partial charge in [-0.2, -0.15) is 10.2 Å². The fourth-order valence-electron chi connectivity index (χ4n) is 11.5. The number of fused-ring (bicyclic) bond motifs is 2. The van der Waals surface area contributed by atoms with E-state index in [0.29, 0.717) is 73.2 Å². The maximum absolute atomic E-state index is 14.5. The van der Waals surface area contributed by atoms with Crippen LogP contribution in [0.3, 0.4) is 0 Å². The minimum absolute atomic E-state index is 0.00433. The lowest BCUT2D eigenvalue weighted by Gasteiger charge is -2.43. The van der Waals surface area contributed by atoms with E-state index in [9.17, 15) is 37.9 Å². The predicted octanol–water partition coefficient (Wildman–Crippen LogP) is 6.20. The molecule has 1 unspecified atom stereocenters. The highest BCUT2D eigenvalue weighted by Crippen LogP contribution is 2.70. The van der Waals surface area contributed by atoms with Crippen LogP contribution >= 0.6 is 15.9 Å². The second kappa shape index (κ2) is 20.3. The number of piperidine rings is 1. The van der Waals surface area contributed by atoms with Gasteiger partial charge in [-0.3, -0.25) is 33.8 Å². The van der Waals surface area contributed by atoms with E-state index in [-0.39, 0.29) is 98.5 Å². The van der Waals surface area contributed by atoms with Gasteiger partial charge in [0.1, 0.15) is 29.6 Å². The van der Waals surface area contributed by atoms with Crippen molar-refractivity contribution in [3.8, 4) is 5.75 Å². The van der Waals surface area contributed by atoms with Gasteiger partial charge in [0.15, 0.2) is 5.69 Å². The summed E-state index contributed by atoms with van der Waals surface area (Å²) in [4.78, 5) is 72.9. The normalized spacial score (nSPS) is 23.1. The number of alkyl halides is 2. The van der Waals surface area contributed by atoms with E-state index in [1.807, 2.05) is 62.4 Å². The molecule has 3 saturated heterocycles. The number of β-amino-alcohol motifs (C(OH)–C–C–N with tert-alkyl or cyclic N) is 1. The number of anilines is 1. The molecular weight excluding hydrogens is 1020 g/mol. The molecular formula is C53H61BrF2N10O8. The Kier molecular flexibility index (Phi) is 14.0. The number of nitrogens with zero attached hydrogens (tertiary/aromatic N) is 7. The molecule has 6 atom stereocenters. The molecule has 392 valence electrons. The third kappa shape index (κ3) is 9.96. The summed E-state index contributed by atoms with van der Waals surface area (Å²) >= 11 is 3.54. The number of aryl methyl sites for hydroxylation is 1. The molecule has 0 spiro atoms. The lowest BCUT2D eigenvalue weighted by molar-refractivity contribution is -0.142. The van der Waals surface area contributed by atoms with Gasteiger partial charge in [0, 0.05) is 129 Å². The molecule has 2 aromatic carbocycles. The van der Waals surface area contributed by atoms with Crippen LogP contribution in [0, 0.1) is 30.1 Å². The van der Waals surface area contributed by atoms with E-state index < -0.39 is 41.2 Å². The quantitative estimate of drug-likeness (QED) is 0.0871. The molecule has 6 heterocycles. The number of aliphatic hydroxyl groups is 1. The van der Waals surface area contributed by atoms with E-state index in [1.54, 1.807) is 40.6 Å². The Balaban J connectivity index is 0.686. The molecule has 4 fully saturated rings. The number of ether oxygens (including phenoxy) is 1. The largest absolute Gasteiger partial charge is 0.490 e. The Labute approximate surface area is 435 Å². The molecule has 0 radical (unpaired) electrons. The maximum Gasteiger partial charge on any atom is 0.276 e. The van der Waals surface area contributed by atoms with Gasteiger partial charge in [-0.25, -0.2) is 8.78 Å². The fourth-order valence-corrected chi connectivity index (χ4v) is 11.9. The van der Waals surface area contributed by atoms with Crippen LogP contribution in [-0.2, 0) is 38.6 Å². The first-order valence-corrected chi connectivity index (χ1v) is 26.2. The number of benzene rings is 2. The number of hydrogen-bond acceptors (Lipinski definition) is 11. The Morgan fingerprint density at radius 3 is 2.43 bits per heavy atom. The molecule has 0 bridgehead atoms. The first-order valence-electron chi connectivity index (χ1n) is 25.4. The lowest BCUT2D eigenvalue weighted by Crippen LogP contribution is -2.53. The zero-order valence-electron chi connectivity index (χ0n) is 41.7. The van der Waals surface area contributed by atoms with Crippen molar-refractivity contribution in [3.63, 3.8) is 0 Å². The van der Waals surface area contributed by atoms with Gasteiger partial charge >= 0.3 is 0 Å². The van der Waals surface area contributed by atoms with Crippen LogP contribution in [0.1, 0.15) is 109 Å². The summed E-state index contributed by atoms with van der Waals surface area (Å²) in [5.74, 6) is -4.81. The van der Waals surface area contributed by atoms with E-state index in [4.69, 9.17) is 9.26 Å². The first-order chi connectivity index (χ1) is 35.4. The van der Waals surface area contributed by atoms with Gasteiger partial charge < -0.3 is 39.7 Å². The van der Waals surface area contributed by atoms with Gasteiger partial charge in [0.05, 0.1) is 29.7 Å². The van der Waals surface area contributed by atoms with Gasteiger partial charge in [-0.15, -0.1) is 0 Å². The van der Waals surface area contributed by atoms with Crippen molar-refractivity contribution in [1.29, 1.82) is 0 Å². The van der Waals surface area contributed by atoms with Crippen molar-refractivity contribution < 1.29 is 47.1 Å². The maximum atomic E-state index is 14.5. The number of carbonyl (C=O) groups is 5. The Morgan fingerprint density at radius 2 is 1.73 bits per heavy atom. The number of hydrogen-bond donors (Lipinski definition) is 4. The molecule has 3 aromatic heterocycles. The molecule has 5 aromatic rings. The van der Waals surface area contributed by atoms with Gasteiger partial charge in [-0.1, -0.05) is 78.3 Å². The molecule has 5 aliphatic rings. The Morgan fingerprint density at radius 1 is 1.00 bits per heavy atom. The summed E-state index contributed by atoms with van der Waals surface area (Å²) in [5.41, 5.74) is 2.87. The zero-order valence-corrected chi connectivity index (χ0v) is 43.3. The summed E-state index contributed by atoms with van der Waals surface area (Å²) in [6, 6.07) is 15.9. The lowest BCUT2D eigenvalue weighted by atomic mass is 9.86. The molecule has 1 saturated carbocycles. The van der Waals surface area contributed by atoms with Crippen molar-refractivity contribution in [2.45, 2.75) is 115 Å². The van der Waals surface area contributed by atoms with Crippen LogP contribution in [0.25, 0.3) is 0 Å². The average molecular weight is 1080 g/mol. The number of aromatic amines is 1. The number of aromatic nitrogens is 5. The zero-order chi connectivity index (χ0) is 52.2. The molecule has 18 nitrogen and oxygen atoms in total. The van der Waals surface area contributed by atoms with Crippen molar-refractivity contribution in [2.75, 3.05) is 38.0 Å². The van der Waals surface area contributed by atoms with Crippen molar-refractivity contribution in [3.05, 3.63) is 111 Å². The van der Waals surface area contributed by atoms with Gasteiger partial charge in [0.25, 0.3) is 11.8 Å². The molecule has 10 rings (SSSR count). The fraction of sp³-hybridized carbons (Fsp3) is 0.509. The predicted molar refractivity (Wildman–Crippen MR) is 268 cm³/mol. The number of H-pyrrole nitrogens is 1. The monoisotopic (exact) mass is 1080 g/mol. The van der Waals surface area contributed by atoms with Crippen molar-refractivity contribution >= 4 is 51.2 Å². The summed E-state index contributed by atoms with van der Waals surface area (Å²) in [5, 5.41) is 32.0. The summed E-state index contributed by atoms with van der Waals surface area (Å²) in [7, 11) is 0. The summed E-state index contributed by atoms with van der Waals surface area (Å²) in [6.45, 7) is 9.12. The first kappa shape index (κ1) is 51.0. The third-order valence-corrected chi connectivity index (χ3v) is 16.4. The average Bonchev–Trinajstić information content (AvgIpc) is 4.08. The van der Waals surface area contributed by atoms with E-state index in [1.165, 1.54) is 11.1 Å². The minimum atomic E-state index is -2.78. The highest BCUT2D eigenvalue weighted by atomic mass is 79.9. The number of aliphatic hydroxyl groups excluding tert-OH is 1. The van der Waals surface area contributed by atoms with E-state index >= 15 is 0 Å². The number of carbonyl (C=O) groups excluding carboxylic acids is 5. The second-order valence-electron chi connectivity index (χ2n) is 21.2. The SMILES string of the molecule is Cc1cc(C(C(=O)N2C[C@H](O)C[C@H]2C(=O)NCc2ccc(Br)cc2OC2CCN(C(=O)CCC(=O)N3CC([C@@H](c4ccccc4)n4cc(NC(=O)c5n[nH]c6c5C[C@@H]5C(F)(F)[C@]5(C)C6)cn4)C3)CC2)C(C)C)on1. The van der Waals surface area contributed by atoms with Crippen molar-refractivity contribution in [2.24, 2.45) is 23.2 Å². The summed E-state index contributed by atoms with van der Waals surface area (Å²) in [6.07, 6.45) is 3.82. The molecule has 5 amide bonds. The standard InChI is InChI=1S/C53H61BrF2N10O8/c1-29(2)46(42-18-30(3)62-74-42)51(72)65-28-36(67)20-40(65)49(70)57-23-32-10-11-34(54)19-41(32)73-37-14-16-63(17-15-37)44(68)12-13-45(69)64-25-33(26-64)48(31-8-6-5-7-9-31)66-27-35(24-58-66)59-50(71)47-38-21-43-52(4,53(43,55)56)22-39(38)60-61-47/h5-11,18-19,24,27,29,33,36-37,40,43,46,48,67H,12-17,20-23,25-26,28H2,1-4H3,(H,57,70)(H,59,71)(H,60,61)/t36-,40+,43+,46?,48-,52-/m1/s1. The Bertz CT molecular complexity index is 2930.